The summed E-state index contributed by atoms with van der Waals surface area (Å²) in [4.78, 5) is 2.69. The molecule has 2 atom stereocenters. The van der Waals surface area contributed by atoms with Gasteiger partial charge in [0.1, 0.15) is 12.7 Å². The summed E-state index contributed by atoms with van der Waals surface area (Å²) in [7, 11) is 0. The predicted octanol–water partition coefficient (Wildman–Crippen LogP) is 2.06. The maximum Gasteiger partial charge on any atom is 0.136 e. The minimum Gasteiger partial charge on any atom is -0.308 e. The molecule has 0 aromatic rings. The highest BCUT2D eigenvalue weighted by Crippen LogP contribution is 2.34. The van der Waals surface area contributed by atoms with Crippen molar-refractivity contribution >= 4 is 0 Å². The average Bonchev–Trinajstić information content (AvgIpc) is 2.68. The molecular weight excluding hydrogens is 172 g/mol. The molecule has 2 nitrogen and oxygen atoms in total. The average molecular weight is 197 g/mol. The Balaban J connectivity index is 2.16. The van der Waals surface area contributed by atoms with E-state index in [2.05, 4.69) is 32.6 Å². The Kier molecular flexibility index (Phi) is 2.61. The van der Waals surface area contributed by atoms with E-state index in [1.165, 1.54) is 37.1 Å². The summed E-state index contributed by atoms with van der Waals surface area (Å²) >= 11 is 0. The van der Waals surface area contributed by atoms with Crippen molar-refractivity contribution in [2.75, 3.05) is 19.8 Å². The molecule has 82 valence electrons. The van der Waals surface area contributed by atoms with Crippen LogP contribution in [0.25, 0.3) is 0 Å². The van der Waals surface area contributed by atoms with Crippen LogP contribution in [0.5, 0.6) is 0 Å². The summed E-state index contributed by atoms with van der Waals surface area (Å²) in [5.74, 6) is 0. The van der Waals surface area contributed by atoms with Gasteiger partial charge in [0.15, 0.2) is 0 Å². The van der Waals surface area contributed by atoms with Crippen LogP contribution in [0.2, 0.25) is 0 Å². The first-order chi connectivity index (χ1) is 6.57. The quantitative estimate of drug-likeness (QED) is 0.582. The molecular formula is C12H25N2+. The Morgan fingerprint density at radius 3 is 2.14 bits per heavy atom. The third kappa shape index (κ3) is 1.40. The van der Waals surface area contributed by atoms with E-state index in [9.17, 15) is 0 Å². The second kappa shape index (κ2) is 3.49. The zero-order valence-electron chi connectivity index (χ0n) is 10.2. The van der Waals surface area contributed by atoms with Crippen molar-refractivity contribution in [2.45, 2.75) is 58.7 Å². The first-order valence-electron chi connectivity index (χ1n) is 6.18. The summed E-state index contributed by atoms with van der Waals surface area (Å²) in [5.41, 5.74) is 0. The van der Waals surface area contributed by atoms with Crippen molar-refractivity contribution in [3.8, 4) is 0 Å². The lowest BCUT2D eigenvalue weighted by molar-refractivity contribution is -0.930. The SMILES string of the molecule is CC(C)N1C[N+]2(CCCC2)C(C)C1C. The van der Waals surface area contributed by atoms with Gasteiger partial charge in [-0.3, -0.25) is 0 Å². The molecule has 2 fully saturated rings. The highest BCUT2D eigenvalue weighted by molar-refractivity contribution is 4.82. The number of hydrogen-bond donors (Lipinski definition) is 0. The Bertz CT molecular complexity index is 204. The molecule has 2 saturated heterocycles. The van der Waals surface area contributed by atoms with Gasteiger partial charge in [0, 0.05) is 18.9 Å². The number of quaternary nitrogens is 1. The second-order valence-corrected chi connectivity index (χ2v) is 5.60. The monoisotopic (exact) mass is 197 g/mol. The third-order valence-electron chi connectivity index (χ3n) is 4.65. The van der Waals surface area contributed by atoms with Gasteiger partial charge in [0.25, 0.3) is 0 Å². The third-order valence-corrected chi connectivity index (χ3v) is 4.65. The highest BCUT2D eigenvalue weighted by atomic mass is 15.5. The molecule has 0 amide bonds. The Labute approximate surface area is 88.5 Å². The number of hydrogen-bond acceptors (Lipinski definition) is 1. The molecule has 2 aliphatic heterocycles. The van der Waals surface area contributed by atoms with E-state index in [4.69, 9.17) is 0 Å². The minimum atomic E-state index is 0.713. The van der Waals surface area contributed by atoms with Crippen molar-refractivity contribution < 1.29 is 4.48 Å². The Morgan fingerprint density at radius 1 is 1.14 bits per heavy atom. The van der Waals surface area contributed by atoms with E-state index in [0.717, 1.165) is 12.1 Å². The normalized spacial score (nSPS) is 37.5. The molecule has 0 aliphatic carbocycles. The Morgan fingerprint density at radius 2 is 1.71 bits per heavy atom. The van der Waals surface area contributed by atoms with Gasteiger partial charge >= 0.3 is 0 Å². The van der Waals surface area contributed by atoms with Gasteiger partial charge in [-0.05, 0) is 27.7 Å². The van der Waals surface area contributed by atoms with Gasteiger partial charge in [0.05, 0.1) is 19.1 Å². The van der Waals surface area contributed by atoms with Crippen LogP contribution < -0.4 is 0 Å². The number of nitrogens with zero attached hydrogens (tertiary/aromatic N) is 2. The zero-order chi connectivity index (χ0) is 10.3. The summed E-state index contributed by atoms with van der Waals surface area (Å²) in [6.07, 6.45) is 2.89. The van der Waals surface area contributed by atoms with Crippen LogP contribution in [0.3, 0.4) is 0 Å². The van der Waals surface area contributed by atoms with E-state index in [-0.39, 0.29) is 0 Å². The number of rotatable bonds is 1. The molecule has 14 heavy (non-hydrogen) atoms. The van der Waals surface area contributed by atoms with Crippen LogP contribution in [-0.4, -0.2) is 47.3 Å². The van der Waals surface area contributed by atoms with Gasteiger partial charge in [-0.2, -0.15) is 0 Å². The fourth-order valence-corrected chi connectivity index (χ4v) is 3.47. The molecule has 0 aromatic carbocycles. The molecule has 2 heteroatoms. The molecule has 0 radical (unpaired) electrons. The van der Waals surface area contributed by atoms with E-state index in [1.807, 2.05) is 0 Å². The van der Waals surface area contributed by atoms with Crippen LogP contribution in [0.4, 0.5) is 0 Å². The van der Waals surface area contributed by atoms with E-state index in [0.29, 0.717) is 6.04 Å². The summed E-state index contributed by atoms with van der Waals surface area (Å²) in [6.45, 7) is 13.7. The molecule has 2 heterocycles. The molecule has 0 saturated carbocycles. The lowest BCUT2D eigenvalue weighted by Crippen LogP contribution is -2.49. The molecule has 2 rings (SSSR count). The van der Waals surface area contributed by atoms with E-state index in [1.54, 1.807) is 0 Å². The standard InChI is InChI=1S/C12H25N2/c1-10(2)13-9-14(7-5-6-8-14)12(4)11(13)3/h10-12H,5-9H2,1-4H3/q+1. The topological polar surface area (TPSA) is 3.24 Å². The molecule has 2 aliphatic rings. The van der Waals surface area contributed by atoms with Crippen LogP contribution in [0.15, 0.2) is 0 Å². The van der Waals surface area contributed by atoms with Gasteiger partial charge < -0.3 is 4.48 Å². The molecule has 2 unspecified atom stereocenters. The fraction of sp³-hybridized carbons (Fsp3) is 1.00. The summed E-state index contributed by atoms with van der Waals surface area (Å²) < 4.78 is 1.39. The van der Waals surface area contributed by atoms with E-state index < -0.39 is 0 Å². The Hall–Kier alpha value is -0.0800. The van der Waals surface area contributed by atoms with Crippen LogP contribution in [-0.2, 0) is 0 Å². The van der Waals surface area contributed by atoms with Crippen LogP contribution in [0, 0.1) is 0 Å². The largest absolute Gasteiger partial charge is 0.308 e. The fourth-order valence-electron chi connectivity index (χ4n) is 3.47. The van der Waals surface area contributed by atoms with Crippen LogP contribution >= 0.6 is 0 Å². The predicted molar refractivity (Wildman–Crippen MR) is 60.0 cm³/mol. The van der Waals surface area contributed by atoms with E-state index >= 15 is 0 Å². The molecule has 1 spiro atoms. The smallest absolute Gasteiger partial charge is 0.136 e. The minimum absolute atomic E-state index is 0.713. The highest BCUT2D eigenvalue weighted by Gasteiger charge is 2.49. The van der Waals surface area contributed by atoms with Crippen molar-refractivity contribution in [2.24, 2.45) is 0 Å². The maximum absolute atomic E-state index is 2.69. The maximum atomic E-state index is 2.69. The van der Waals surface area contributed by atoms with Crippen LogP contribution in [0.1, 0.15) is 40.5 Å². The molecule has 0 bridgehead atoms. The van der Waals surface area contributed by atoms with Crippen molar-refractivity contribution in [3.63, 3.8) is 0 Å². The lowest BCUT2D eigenvalue weighted by Gasteiger charge is -2.34. The van der Waals surface area contributed by atoms with Gasteiger partial charge in [-0.15, -0.1) is 0 Å². The molecule has 0 aromatic heterocycles. The first-order valence-corrected chi connectivity index (χ1v) is 6.18. The van der Waals surface area contributed by atoms with Gasteiger partial charge in [-0.25, -0.2) is 4.90 Å². The second-order valence-electron chi connectivity index (χ2n) is 5.60. The molecule has 0 N–H and O–H groups in total. The van der Waals surface area contributed by atoms with Crippen molar-refractivity contribution in [1.82, 2.24) is 4.90 Å². The zero-order valence-corrected chi connectivity index (χ0v) is 10.2. The first kappa shape index (κ1) is 10.4. The van der Waals surface area contributed by atoms with Gasteiger partial charge in [-0.1, -0.05) is 0 Å². The van der Waals surface area contributed by atoms with Gasteiger partial charge in [0.2, 0.25) is 0 Å². The lowest BCUT2D eigenvalue weighted by atomic mass is 10.1. The van der Waals surface area contributed by atoms with Crippen molar-refractivity contribution in [1.29, 1.82) is 0 Å². The van der Waals surface area contributed by atoms with Crippen molar-refractivity contribution in [3.05, 3.63) is 0 Å². The summed E-state index contributed by atoms with van der Waals surface area (Å²) in [6, 6.07) is 2.33. The summed E-state index contributed by atoms with van der Waals surface area (Å²) in [5, 5.41) is 0.